The molecule has 0 aromatic rings. The van der Waals surface area contributed by atoms with Gasteiger partial charge in [0.1, 0.15) is 6.54 Å². The largest absolute Gasteiger partial charge is 0.465 e. The molecule has 2 aliphatic rings. The molecule has 7 nitrogen and oxygen atoms in total. The molecule has 0 saturated carbocycles. The third-order valence-electron chi connectivity index (χ3n) is 3.60. The minimum atomic E-state index is -1.01. The molecule has 2 rings (SSSR count). The molecule has 19 heavy (non-hydrogen) atoms. The first-order valence-electron chi connectivity index (χ1n) is 6.72. The summed E-state index contributed by atoms with van der Waals surface area (Å²) in [7, 11) is 0. The van der Waals surface area contributed by atoms with Gasteiger partial charge in [-0.1, -0.05) is 0 Å². The number of hydrogen-bond acceptors (Lipinski definition) is 4. The Bertz CT molecular complexity index is 331. The Morgan fingerprint density at radius 1 is 1.16 bits per heavy atom. The summed E-state index contributed by atoms with van der Waals surface area (Å²) in [5, 5.41) is 8.83. The van der Waals surface area contributed by atoms with Crippen molar-refractivity contribution in [2.24, 2.45) is 0 Å². The molecule has 0 aromatic heterocycles. The first kappa shape index (κ1) is 14.1. The van der Waals surface area contributed by atoms with Crippen molar-refractivity contribution in [3.63, 3.8) is 0 Å². The van der Waals surface area contributed by atoms with Gasteiger partial charge in [-0.05, 0) is 6.42 Å². The van der Waals surface area contributed by atoms with Crippen LogP contribution in [0.25, 0.3) is 0 Å². The standard InChI is InChI=1S/C12H21N3O4/c16-11-10-15(12(17)18)5-4-14(11)3-1-2-13-6-8-19-9-7-13/h1-10H2,(H,17,18). The Hall–Kier alpha value is -1.34. The molecule has 0 aromatic carbocycles. The fourth-order valence-electron chi connectivity index (χ4n) is 2.42. The second kappa shape index (κ2) is 6.72. The number of piperazine rings is 1. The van der Waals surface area contributed by atoms with E-state index in [0.29, 0.717) is 19.6 Å². The van der Waals surface area contributed by atoms with Crippen LogP contribution >= 0.6 is 0 Å². The van der Waals surface area contributed by atoms with Gasteiger partial charge in [0.05, 0.1) is 13.2 Å². The second-order valence-corrected chi connectivity index (χ2v) is 4.89. The normalized spacial score (nSPS) is 21.8. The molecule has 7 heteroatoms. The van der Waals surface area contributed by atoms with E-state index in [9.17, 15) is 9.59 Å². The van der Waals surface area contributed by atoms with Crippen molar-refractivity contribution in [3.05, 3.63) is 0 Å². The topological polar surface area (TPSA) is 73.3 Å². The van der Waals surface area contributed by atoms with E-state index in [4.69, 9.17) is 9.84 Å². The van der Waals surface area contributed by atoms with Gasteiger partial charge in [-0.3, -0.25) is 14.6 Å². The van der Waals surface area contributed by atoms with E-state index < -0.39 is 6.09 Å². The van der Waals surface area contributed by atoms with Crippen LogP contribution in [0.3, 0.4) is 0 Å². The van der Waals surface area contributed by atoms with Crippen LogP contribution in [-0.2, 0) is 9.53 Å². The van der Waals surface area contributed by atoms with Gasteiger partial charge in [-0.2, -0.15) is 0 Å². The van der Waals surface area contributed by atoms with Crippen molar-refractivity contribution in [2.45, 2.75) is 6.42 Å². The first-order chi connectivity index (χ1) is 9.16. The Morgan fingerprint density at radius 3 is 2.53 bits per heavy atom. The van der Waals surface area contributed by atoms with Crippen molar-refractivity contribution < 1.29 is 19.4 Å². The van der Waals surface area contributed by atoms with Gasteiger partial charge in [0, 0.05) is 39.3 Å². The molecule has 2 amide bonds. The maximum absolute atomic E-state index is 11.8. The van der Waals surface area contributed by atoms with Crippen LogP contribution in [0, 0.1) is 0 Å². The van der Waals surface area contributed by atoms with Crippen molar-refractivity contribution in [1.29, 1.82) is 0 Å². The molecule has 1 N–H and O–H groups in total. The number of carbonyl (C=O) groups excluding carboxylic acids is 1. The summed E-state index contributed by atoms with van der Waals surface area (Å²) >= 11 is 0. The summed E-state index contributed by atoms with van der Waals surface area (Å²) < 4.78 is 5.28. The predicted molar refractivity (Wildman–Crippen MR) is 68.1 cm³/mol. The molecular formula is C12H21N3O4. The van der Waals surface area contributed by atoms with Crippen LogP contribution in [0.2, 0.25) is 0 Å². The third kappa shape index (κ3) is 4.07. The number of rotatable bonds is 4. The smallest absolute Gasteiger partial charge is 0.407 e. The Kier molecular flexibility index (Phi) is 4.98. The maximum atomic E-state index is 11.8. The minimum Gasteiger partial charge on any atom is -0.465 e. The fraction of sp³-hybridized carbons (Fsp3) is 0.833. The lowest BCUT2D eigenvalue weighted by Gasteiger charge is -2.33. The fourth-order valence-corrected chi connectivity index (χ4v) is 2.42. The van der Waals surface area contributed by atoms with Crippen molar-refractivity contribution in [1.82, 2.24) is 14.7 Å². The van der Waals surface area contributed by atoms with Crippen molar-refractivity contribution in [2.75, 3.05) is 59.0 Å². The summed E-state index contributed by atoms with van der Waals surface area (Å²) in [6.45, 7) is 6.09. The zero-order chi connectivity index (χ0) is 13.7. The average Bonchev–Trinajstić information content (AvgIpc) is 2.41. The highest BCUT2D eigenvalue weighted by Gasteiger charge is 2.26. The van der Waals surface area contributed by atoms with Crippen LogP contribution in [0.5, 0.6) is 0 Å². The van der Waals surface area contributed by atoms with Gasteiger partial charge in [0.25, 0.3) is 0 Å². The van der Waals surface area contributed by atoms with Gasteiger partial charge in [0.15, 0.2) is 0 Å². The molecule has 0 aliphatic carbocycles. The van der Waals surface area contributed by atoms with Gasteiger partial charge in [-0.25, -0.2) is 4.79 Å². The number of ether oxygens (including phenoxy) is 1. The highest BCUT2D eigenvalue weighted by molar-refractivity contribution is 5.83. The summed E-state index contributed by atoms with van der Waals surface area (Å²) in [4.78, 5) is 27.8. The highest BCUT2D eigenvalue weighted by atomic mass is 16.5. The summed E-state index contributed by atoms with van der Waals surface area (Å²) in [6, 6.07) is 0. The Morgan fingerprint density at radius 2 is 1.89 bits per heavy atom. The molecule has 0 radical (unpaired) electrons. The molecule has 0 bridgehead atoms. The van der Waals surface area contributed by atoms with E-state index in [1.807, 2.05) is 0 Å². The molecule has 2 heterocycles. The molecular weight excluding hydrogens is 250 g/mol. The molecule has 0 atom stereocenters. The van der Waals surface area contributed by atoms with Crippen molar-refractivity contribution >= 4 is 12.0 Å². The van der Waals surface area contributed by atoms with Crippen LogP contribution in [0.15, 0.2) is 0 Å². The van der Waals surface area contributed by atoms with Crippen molar-refractivity contribution in [3.8, 4) is 0 Å². The number of nitrogens with zero attached hydrogens (tertiary/aromatic N) is 3. The van der Waals surface area contributed by atoms with Gasteiger partial charge >= 0.3 is 6.09 Å². The lowest BCUT2D eigenvalue weighted by molar-refractivity contribution is -0.135. The summed E-state index contributed by atoms with van der Waals surface area (Å²) in [5.41, 5.74) is 0. The molecule has 2 saturated heterocycles. The van der Waals surface area contributed by atoms with E-state index in [2.05, 4.69) is 4.90 Å². The van der Waals surface area contributed by atoms with Crippen LogP contribution < -0.4 is 0 Å². The summed E-state index contributed by atoms with van der Waals surface area (Å²) in [5.74, 6) is -0.0874. The minimum absolute atomic E-state index is 0.00706. The van der Waals surface area contributed by atoms with Crippen LogP contribution in [-0.4, -0.2) is 90.8 Å². The molecule has 2 aliphatic heterocycles. The van der Waals surface area contributed by atoms with E-state index in [1.54, 1.807) is 4.90 Å². The Labute approximate surface area is 112 Å². The van der Waals surface area contributed by atoms with E-state index in [1.165, 1.54) is 4.90 Å². The van der Waals surface area contributed by atoms with E-state index in [0.717, 1.165) is 39.3 Å². The molecule has 108 valence electrons. The zero-order valence-electron chi connectivity index (χ0n) is 11.1. The number of morpholine rings is 1. The molecule has 0 spiro atoms. The summed E-state index contributed by atoms with van der Waals surface area (Å²) in [6.07, 6.45) is -0.0833. The highest BCUT2D eigenvalue weighted by Crippen LogP contribution is 2.05. The SMILES string of the molecule is O=C(O)N1CCN(CCCN2CCOCC2)C(=O)C1. The van der Waals surface area contributed by atoms with Crippen LogP contribution in [0.4, 0.5) is 4.79 Å². The number of carboxylic acid groups (broad SMARTS) is 1. The second-order valence-electron chi connectivity index (χ2n) is 4.89. The molecule has 2 fully saturated rings. The van der Waals surface area contributed by atoms with Crippen LogP contribution in [0.1, 0.15) is 6.42 Å². The van der Waals surface area contributed by atoms with Gasteiger partial charge in [-0.15, -0.1) is 0 Å². The van der Waals surface area contributed by atoms with Gasteiger partial charge < -0.3 is 14.7 Å². The maximum Gasteiger partial charge on any atom is 0.407 e. The number of amides is 2. The number of hydrogen-bond donors (Lipinski definition) is 1. The quantitative estimate of drug-likeness (QED) is 0.748. The first-order valence-corrected chi connectivity index (χ1v) is 6.72. The lowest BCUT2D eigenvalue weighted by Crippen LogP contribution is -2.52. The average molecular weight is 271 g/mol. The van der Waals surface area contributed by atoms with E-state index >= 15 is 0 Å². The Balaban J connectivity index is 1.66. The third-order valence-corrected chi connectivity index (χ3v) is 3.60. The van der Waals surface area contributed by atoms with Gasteiger partial charge in [0.2, 0.25) is 5.91 Å². The lowest BCUT2D eigenvalue weighted by atomic mass is 10.2. The predicted octanol–water partition coefficient (Wildman–Crippen LogP) is -0.469. The molecule has 0 unspecified atom stereocenters. The zero-order valence-corrected chi connectivity index (χ0v) is 11.1. The van der Waals surface area contributed by atoms with E-state index in [-0.39, 0.29) is 12.5 Å². The monoisotopic (exact) mass is 271 g/mol. The number of carbonyl (C=O) groups is 2.